The summed E-state index contributed by atoms with van der Waals surface area (Å²) < 4.78 is 3.99. The van der Waals surface area contributed by atoms with Gasteiger partial charge in [-0.1, -0.05) is 37.6 Å². The average molecular weight is 449 g/mol. The van der Waals surface area contributed by atoms with Crippen LogP contribution >= 0.6 is 11.8 Å². The van der Waals surface area contributed by atoms with Crippen LogP contribution in [0, 0.1) is 11.8 Å². The van der Waals surface area contributed by atoms with Crippen molar-refractivity contribution in [2.45, 2.75) is 61.6 Å². The van der Waals surface area contributed by atoms with Crippen LogP contribution < -0.4 is 0 Å². The quantitative estimate of drug-likeness (QED) is 0.509. The highest BCUT2D eigenvalue weighted by atomic mass is 32.2. The SMILES string of the molecule is CCCC(C)N1CC=C[C@]23S[C@]4(C)C=CCCOC(=O)[C@@H]4[C@H]2C(=O)N(CCO)C3C1=O. The van der Waals surface area contributed by atoms with E-state index in [0.717, 1.165) is 12.8 Å². The van der Waals surface area contributed by atoms with Crippen LogP contribution in [0.25, 0.3) is 0 Å². The van der Waals surface area contributed by atoms with Gasteiger partial charge < -0.3 is 19.6 Å². The van der Waals surface area contributed by atoms with Gasteiger partial charge in [-0.3, -0.25) is 14.4 Å². The van der Waals surface area contributed by atoms with Crippen molar-refractivity contribution in [3.63, 3.8) is 0 Å². The molecule has 0 aromatic heterocycles. The number of cyclic esters (lactones) is 1. The van der Waals surface area contributed by atoms with Gasteiger partial charge in [-0.15, -0.1) is 11.8 Å². The number of hydrogen-bond acceptors (Lipinski definition) is 6. The Kier molecular flexibility index (Phi) is 5.98. The highest BCUT2D eigenvalue weighted by Crippen LogP contribution is 2.65. The molecule has 4 aliphatic rings. The molecule has 31 heavy (non-hydrogen) atoms. The summed E-state index contributed by atoms with van der Waals surface area (Å²) in [6, 6.07) is -0.700. The van der Waals surface area contributed by atoms with Crippen LogP contribution in [0.1, 0.15) is 40.0 Å². The molecule has 8 heteroatoms. The predicted molar refractivity (Wildman–Crippen MR) is 118 cm³/mol. The first-order valence-corrected chi connectivity index (χ1v) is 12.1. The Hall–Kier alpha value is -1.80. The number of fused-ring (bicyclic) bond motifs is 2. The second-order valence-electron chi connectivity index (χ2n) is 9.14. The molecule has 2 amide bonds. The molecule has 1 spiro atoms. The van der Waals surface area contributed by atoms with Gasteiger partial charge >= 0.3 is 5.97 Å². The Balaban J connectivity index is 1.84. The zero-order chi connectivity index (χ0) is 22.4. The van der Waals surface area contributed by atoms with Crippen LogP contribution in [0.3, 0.4) is 0 Å². The largest absolute Gasteiger partial charge is 0.465 e. The second-order valence-corrected chi connectivity index (χ2v) is 10.9. The summed E-state index contributed by atoms with van der Waals surface area (Å²) in [6.07, 6.45) is 10.5. The molecule has 6 atom stereocenters. The van der Waals surface area contributed by atoms with Gasteiger partial charge in [-0.05, 0) is 26.7 Å². The van der Waals surface area contributed by atoms with Gasteiger partial charge in [0.25, 0.3) is 0 Å². The molecule has 4 rings (SSSR count). The Bertz CT molecular complexity index is 829. The van der Waals surface area contributed by atoms with Crippen LogP contribution in [0.15, 0.2) is 24.3 Å². The van der Waals surface area contributed by atoms with Crippen LogP contribution in [0.5, 0.6) is 0 Å². The summed E-state index contributed by atoms with van der Waals surface area (Å²) in [5.74, 6) is -2.09. The smallest absolute Gasteiger partial charge is 0.311 e. The van der Waals surface area contributed by atoms with Gasteiger partial charge in [0.1, 0.15) is 6.04 Å². The minimum absolute atomic E-state index is 0.0444. The lowest BCUT2D eigenvalue weighted by Crippen LogP contribution is -2.55. The summed E-state index contributed by atoms with van der Waals surface area (Å²) in [4.78, 5) is 44.1. The van der Waals surface area contributed by atoms with Gasteiger partial charge in [0.05, 0.1) is 29.8 Å². The Labute approximate surface area is 187 Å². The molecule has 4 heterocycles. The van der Waals surface area contributed by atoms with E-state index in [4.69, 9.17) is 4.74 Å². The molecule has 4 aliphatic heterocycles. The predicted octanol–water partition coefficient (Wildman–Crippen LogP) is 1.76. The maximum absolute atomic E-state index is 13.9. The van der Waals surface area contributed by atoms with Crippen LogP contribution in [-0.4, -0.2) is 80.6 Å². The summed E-state index contributed by atoms with van der Waals surface area (Å²) in [5, 5.41) is 9.68. The van der Waals surface area contributed by atoms with Crippen molar-refractivity contribution in [3.8, 4) is 0 Å². The first-order valence-electron chi connectivity index (χ1n) is 11.2. The molecule has 0 aliphatic carbocycles. The highest BCUT2D eigenvalue weighted by Gasteiger charge is 2.73. The Morgan fingerprint density at radius 3 is 2.71 bits per heavy atom. The van der Waals surface area contributed by atoms with E-state index in [2.05, 4.69) is 6.92 Å². The third-order valence-corrected chi connectivity index (χ3v) is 8.93. The lowest BCUT2D eigenvalue weighted by molar-refractivity contribution is -0.154. The standard InChI is InChI=1S/C23H32N2O5S/c1-4-8-15(2)24-11-7-10-23-16(19(27)25(12-13-26)18(23)20(24)28)17-21(29)30-14-6-5-9-22(17,3)31-23/h5,7,9-10,15-18,26H,4,6,8,11-14H2,1-3H3/t15?,16-,17-,18?,22+,23-/m0/s1. The number of β-amino-alcohol motifs (C(OH)–C–C–N with tert-alkyl or cyclic N) is 1. The molecule has 0 bridgehead atoms. The summed E-state index contributed by atoms with van der Waals surface area (Å²) in [7, 11) is 0. The molecule has 2 saturated heterocycles. The Morgan fingerprint density at radius 1 is 1.23 bits per heavy atom. The van der Waals surface area contributed by atoms with E-state index < -0.39 is 27.4 Å². The second kappa shape index (κ2) is 8.28. The average Bonchev–Trinajstić information content (AvgIpc) is 3.02. The number of amides is 2. The minimum atomic E-state index is -0.864. The molecule has 0 radical (unpaired) electrons. The van der Waals surface area contributed by atoms with Crippen LogP contribution in [0.2, 0.25) is 0 Å². The number of carbonyl (C=O) groups is 3. The number of rotatable bonds is 5. The number of aliphatic hydroxyl groups is 1. The summed E-state index contributed by atoms with van der Waals surface area (Å²) in [6.45, 7) is 6.71. The monoisotopic (exact) mass is 448 g/mol. The number of aliphatic hydroxyl groups excluding tert-OH is 1. The molecule has 0 aromatic rings. The topological polar surface area (TPSA) is 87.2 Å². The number of thioether (sulfide) groups is 1. The number of carbonyl (C=O) groups excluding carboxylic acids is 3. The molecule has 7 nitrogen and oxygen atoms in total. The van der Waals surface area contributed by atoms with Crippen molar-refractivity contribution in [1.82, 2.24) is 9.80 Å². The number of hydrogen-bond donors (Lipinski definition) is 1. The van der Waals surface area contributed by atoms with E-state index in [-0.39, 0.29) is 37.0 Å². The molecule has 170 valence electrons. The van der Waals surface area contributed by atoms with E-state index >= 15 is 0 Å². The van der Waals surface area contributed by atoms with Gasteiger partial charge in [0.15, 0.2) is 0 Å². The zero-order valence-corrected chi connectivity index (χ0v) is 19.3. The number of ether oxygens (including phenoxy) is 1. The van der Waals surface area contributed by atoms with Gasteiger partial charge in [-0.2, -0.15) is 0 Å². The molecular weight excluding hydrogens is 416 g/mol. The lowest BCUT2D eigenvalue weighted by atomic mass is 9.74. The fraction of sp³-hybridized carbons (Fsp3) is 0.696. The van der Waals surface area contributed by atoms with Crippen molar-refractivity contribution < 1.29 is 24.2 Å². The Morgan fingerprint density at radius 2 is 2.00 bits per heavy atom. The van der Waals surface area contributed by atoms with E-state index in [1.807, 2.05) is 43.1 Å². The number of likely N-dealkylation sites (tertiary alicyclic amines) is 1. The molecule has 2 fully saturated rings. The van der Waals surface area contributed by atoms with E-state index in [9.17, 15) is 19.5 Å². The van der Waals surface area contributed by atoms with Gasteiger partial charge in [0, 0.05) is 23.9 Å². The summed E-state index contributed by atoms with van der Waals surface area (Å²) in [5.41, 5.74) is 0. The molecule has 0 saturated carbocycles. The molecule has 0 aromatic carbocycles. The third kappa shape index (κ3) is 3.33. The fourth-order valence-electron chi connectivity index (χ4n) is 5.82. The van der Waals surface area contributed by atoms with E-state index in [1.54, 1.807) is 0 Å². The van der Waals surface area contributed by atoms with Gasteiger partial charge in [-0.25, -0.2) is 0 Å². The first-order chi connectivity index (χ1) is 14.8. The van der Waals surface area contributed by atoms with Crippen molar-refractivity contribution in [2.75, 3.05) is 26.3 Å². The van der Waals surface area contributed by atoms with Crippen molar-refractivity contribution in [1.29, 1.82) is 0 Å². The van der Waals surface area contributed by atoms with E-state index in [0.29, 0.717) is 19.6 Å². The van der Waals surface area contributed by atoms with Crippen molar-refractivity contribution in [3.05, 3.63) is 24.3 Å². The van der Waals surface area contributed by atoms with Gasteiger partial charge in [0.2, 0.25) is 11.8 Å². The van der Waals surface area contributed by atoms with Crippen LogP contribution in [-0.2, 0) is 19.1 Å². The van der Waals surface area contributed by atoms with Crippen molar-refractivity contribution >= 4 is 29.5 Å². The minimum Gasteiger partial charge on any atom is -0.465 e. The maximum atomic E-state index is 13.9. The van der Waals surface area contributed by atoms with E-state index in [1.165, 1.54) is 16.7 Å². The number of nitrogens with zero attached hydrogens (tertiary/aromatic N) is 2. The zero-order valence-electron chi connectivity index (χ0n) is 18.5. The van der Waals surface area contributed by atoms with Crippen molar-refractivity contribution in [2.24, 2.45) is 11.8 Å². The molecular formula is C23H32N2O5S. The lowest BCUT2D eigenvalue weighted by Gasteiger charge is -2.38. The third-order valence-electron chi connectivity index (χ3n) is 7.13. The summed E-state index contributed by atoms with van der Waals surface area (Å²) >= 11 is 1.54. The molecule has 1 N–H and O–H groups in total. The number of esters is 1. The van der Waals surface area contributed by atoms with Crippen LogP contribution in [0.4, 0.5) is 0 Å². The highest BCUT2D eigenvalue weighted by molar-refractivity contribution is 8.02. The first kappa shape index (κ1) is 22.4. The molecule has 2 unspecified atom stereocenters. The maximum Gasteiger partial charge on any atom is 0.311 e. The normalized spacial score (nSPS) is 38.2. The fourth-order valence-corrected chi connectivity index (χ4v) is 7.98.